The van der Waals surface area contributed by atoms with Crippen LogP contribution >= 0.6 is 0 Å². The van der Waals surface area contributed by atoms with E-state index in [9.17, 15) is 9.59 Å². The Hall–Kier alpha value is -0.660. The van der Waals surface area contributed by atoms with Gasteiger partial charge in [0.25, 0.3) is 0 Å². The first-order valence-corrected chi connectivity index (χ1v) is 4.14. The molecule has 0 aromatic rings. The molecular formula is C9H14O2. The highest BCUT2D eigenvalue weighted by Gasteiger charge is 2.27. The smallest absolute Gasteiger partial charge is 0.136 e. The second-order valence-electron chi connectivity index (χ2n) is 3.46. The molecule has 0 aromatic carbocycles. The fourth-order valence-corrected chi connectivity index (χ4v) is 1.51. The maximum atomic E-state index is 11.2. The topological polar surface area (TPSA) is 34.1 Å². The average Bonchev–Trinajstić information content (AvgIpc) is 1.94. The van der Waals surface area contributed by atoms with E-state index in [1.165, 1.54) is 0 Å². The predicted molar refractivity (Wildman–Crippen MR) is 42.2 cm³/mol. The summed E-state index contributed by atoms with van der Waals surface area (Å²) in [7, 11) is 0. The summed E-state index contributed by atoms with van der Waals surface area (Å²) in [6, 6.07) is 0. The van der Waals surface area contributed by atoms with E-state index in [0.717, 1.165) is 12.8 Å². The molecule has 1 rings (SSSR count). The van der Waals surface area contributed by atoms with Crippen molar-refractivity contribution < 1.29 is 9.59 Å². The van der Waals surface area contributed by atoms with E-state index < -0.39 is 0 Å². The molecular weight excluding hydrogens is 140 g/mol. The molecule has 62 valence electrons. The fourth-order valence-electron chi connectivity index (χ4n) is 1.51. The van der Waals surface area contributed by atoms with Gasteiger partial charge in [-0.15, -0.1) is 0 Å². The van der Waals surface area contributed by atoms with Crippen LogP contribution in [-0.4, -0.2) is 11.6 Å². The monoisotopic (exact) mass is 154 g/mol. The third kappa shape index (κ3) is 1.88. The lowest BCUT2D eigenvalue weighted by Crippen LogP contribution is -2.26. The van der Waals surface area contributed by atoms with Gasteiger partial charge >= 0.3 is 0 Å². The summed E-state index contributed by atoms with van der Waals surface area (Å²) in [6.45, 7) is 3.52. The van der Waals surface area contributed by atoms with E-state index in [2.05, 4.69) is 0 Å². The molecule has 2 nitrogen and oxygen atoms in total. The van der Waals surface area contributed by atoms with E-state index >= 15 is 0 Å². The van der Waals surface area contributed by atoms with Gasteiger partial charge in [-0.3, -0.25) is 9.59 Å². The highest BCUT2D eigenvalue weighted by Crippen LogP contribution is 2.25. The Morgan fingerprint density at radius 1 is 1.45 bits per heavy atom. The van der Waals surface area contributed by atoms with Crippen molar-refractivity contribution in [3.8, 4) is 0 Å². The van der Waals surface area contributed by atoms with Crippen LogP contribution in [0.5, 0.6) is 0 Å². The number of Topliss-reactive ketones (excluding diaryl/α,β-unsaturated/α-hetero) is 2. The number of hydrogen-bond donors (Lipinski definition) is 0. The Morgan fingerprint density at radius 3 is 2.55 bits per heavy atom. The summed E-state index contributed by atoms with van der Waals surface area (Å²) in [6.07, 6.45) is 2.28. The largest absolute Gasteiger partial charge is 0.300 e. The van der Waals surface area contributed by atoms with Crippen LogP contribution in [0.4, 0.5) is 0 Å². The van der Waals surface area contributed by atoms with Gasteiger partial charge in [-0.25, -0.2) is 0 Å². The molecule has 0 amide bonds. The van der Waals surface area contributed by atoms with Gasteiger partial charge in [-0.1, -0.05) is 6.92 Å². The second kappa shape index (κ2) is 3.16. The molecule has 0 spiro atoms. The standard InChI is InChI=1S/C9H14O2/c1-6-3-4-8(7(2)10)5-9(6)11/h6,8H,3-5H2,1-2H3/t6-,8?/m0/s1. The fraction of sp³-hybridized carbons (Fsp3) is 0.778. The third-order valence-corrected chi connectivity index (χ3v) is 2.52. The first-order chi connectivity index (χ1) is 5.11. The summed E-state index contributed by atoms with van der Waals surface area (Å²) >= 11 is 0. The van der Waals surface area contributed by atoms with Crippen LogP contribution in [0.2, 0.25) is 0 Å². The Kier molecular flexibility index (Phi) is 2.42. The van der Waals surface area contributed by atoms with Crippen molar-refractivity contribution >= 4 is 11.6 Å². The van der Waals surface area contributed by atoms with E-state index in [-0.39, 0.29) is 23.4 Å². The lowest BCUT2D eigenvalue weighted by atomic mass is 9.80. The molecule has 11 heavy (non-hydrogen) atoms. The molecule has 0 saturated heterocycles. The van der Waals surface area contributed by atoms with E-state index in [1.807, 2.05) is 6.92 Å². The van der Waals surface area contributed by atoms with Crippen molar-refractivity contribution in [3.05, 3.63) is 0 Å². The van der Waals surface area contributed by atoms with Crippen LogP contribution in [-0.2, 0) is 9.59 Å². The van der Waals surface area contributed by atoms with Crippen LogP contribution in [0.15, 0.2) is 0 Å². The summed E-state index contributed by atoms with van der Waals surface area (Å²) in [5.74, 6) is 0.644. The van der Waals surface area contributed by atoms with Crippen LogP contribution in [0.25, 0.3) is 0 Å². The molecule has 2 heteroatoms. The molecule has 1 unspecified atom stereocenters. The first kappa shape index (κ1) is 8.44. The Balaban J connectivity index is 2.53. The highest BCUT2D eigenvalue weighted by atomic mass is 16.1. The van der Waals surface area contributed by atoms with E-state index in [4.69, 9.17) is 0 Å². The van der Waals surface area contributed by atoms with Gasteiger partial charge in [0.05, 0.1) is 0 Å². The lowest BCUT2D eigenvalue weighted by molar-refractivity contribution is -0.131. The number of hydrogen-bond acceptors (Lipinski definition) is 2. The summed E-state index contributed by atoms with van der Waals surface area (Å²) in [4.78, 5) is 22.1. The Labute approximate surface area is 67.0 Å². The summed E-state index contributed by atoms with van der Waals surface area (Å²) < 4.78 is 0. The quantitative estimate of drug-likeness (QED) is 0.574. The molecule has 0 aromatic heterocycles. The third-order valence-electron chi connectivity index (χ3n) is 2.52. The van der Waals surface area contributed by atoms with Crippen LogP contribution in [0.1, 0.15) is 33.1 Å². The van der Waals surface area contributed by atoms with Crippen molar-refractivity contribution in [1.82, 2.24) is 0 Å². The zero-order valence-corrected chi connectivity index (χ0v) is 7.09. The van der Waals surface area contributed by atoms with Gasteiger partial charge in [0.15, 0.2) is 0 Å². The minimum absolute atomic E-state index is 0.0266. The molecule has 1 saturated carbocycles. The average molecular weight is 154 g/mol. The molecule has 0 aliphatic heterocycles. The minimum atomic E-state index is 0.0266. The Bertz CT molecular complexity index is 184. The lowest BCUT2D eigenvalue weighted by Gasteiger charge is -2.22. The van der Waals surface area contributed by atoms with Gasteiger partial charge in [-0.2, -0.15) is 0 Å². The minimum Gasteiger partial charge on any atom is -0.300 e. The zero-order chi connectivity index (χ0) is 8.43. The molecule has 2 atom stereocenters. The van der Waals surface area contributed by atoms with Gasteiger partial charge in [0.1, 0.15) is 11.6 Å². The van der Waals surface area contributed by atoms with E-state index in [1.54, 1.807) is 6.92 Å². The van der Waals surface area contributed by atoms with Crippen LogP contribution in [0, 0.1) is 11.8 Å². The summed E-state index contributed by atoms with van der Waals surface area (Å²) in [5, 5.41) is 0. The van der Waals surface area contributed by atoms with Crippen molar-refractivity contribution in [2.24, 2.45) is 11.8 Å². The highest BCUT2D eigenvalue weighted by molar-refractivity contribution is 5.88. The van der Waals surface area contributed by atoms with Gasteiger partial charge in [0, 0.05) is 18.3 Å². The Morgan fingerprint density at radius 2 is 2.09 bits per heavy atom. The molecule has 1 aliphatic rings. The maximum absolute atomic E-state index is 11.2. The van der Waals surface area contributed by atoms with Crippen LogP contribution in [0.3, 0.4) is 0 Å². The number of ketones is 2. The number of carbonyl (C=O) groups is 2. The van der Waals surface area contributed by atoms with Gasteiger partial charge in [0.2, 0.25) is 0 Å². The van der Waals surface area contributed by atoms with E-state index in [0.29, 0.717) is 6.42 Å². The predicted octanol–water partition coefficient (Wildman–Crippen LogP) is 1.58. The van der Waals surface area contributed by atoms with Gasteiger partial charge < -0.3 is 0 Å². The number of rotatable bonds is 1. The van der Waals surface area contributed by atoms with Gasteiger partial charge in [-0.05, 0) is 19.8 Å². The summed E-state index contributed by atoms with van der Waals surface area (Å²) in [5.41, 5.74) is 0. The zero-order valence-electron chi connectivity index (χ0n) is 7.09. The molecule has 0 heterocycles. The second-order valence-corrected chi connectivity index (χ2v) is 3.46. The molecule has 0 bridgehead atoms. The first-order valence-electron chi connectivity index (χ1n) is 4.14. The van der Waals surface area contributed by atoms with Crippen molar-refractivity contribution in [2.75, 3.05) is 0 Å². The normalized spacial score (nSPS) is 32.0. The molecule has 0 N–H and O–H groups in total. The van der Waals surface area contributed by atoms with Crippen molar-refractivity contribution in [3.63, 3.8) is 0 Å². The number of carbonyl (C=O) groups excluding carboxylic acids is 2. The van der Waals surface area contributed by atoms with Crippen molar-refractivity contribution in [2.45, 2.75) is 33.1 Å². The molecule has 0 radical (unpaired) electrons. The molecule has 1 fully saturated rings. The molecule has 1 aliphatic carbocycles. The maximum Gasteiger partial charge on any atom is 0.136 e. The van der Waals surface area contributed by atoms with Crippen molar-refractivity contribution in [1.29, 1.82) is 0 Å². The SMILES string of the molecule is CC(=O)C1CC[C@H](C)C(=O)C1. The van der Waals surface area contributed by atoms with Crippen LogP contribution < -0.4 is 0 Å².